The summed E-state index contributed by atoms with van der Waals surface area (Å²) in [6.07, 6.45) is 3.24. The summed E-state index contributed by atoms with van der Waals surface area (Å²) in [7, 11) is -3.63. The minimum absolute atomic E-state index is 0.0319. The molecule has 6 nitrogen and oxygen atoms in total. The summed E-state index contributed by atoms with van der Waals surface area (Å²) in [6, 6.07) is 7.07. The highest BCUT2D eigenvalue weighted by Gasteiger charge is 2.36. The number of halogens is 3. The highest BCUT2D eigenvalue weighted by molar-refractivity contribution is 7.88. The lowest BCUT2D eigenvalue weighted by molar-refractivity contribution is 0.409. The summed E-state index contributed by atoms with van der Waals surface area (Å²) in [5.41, 5.74) is 0.412. The smallest absolute Gasteiger partial charge is 0.257 e. The number of sulfonamides is 1. The predicted octanol–water partition coefficient (Wildman–Crippen LogP) is 4.10. The van der Waals surface area contributed by atoms with Gasteiger partial charge in [-0.3, -0.25) is 9.36 Å². The van der Waals surface area contributed by atoms with Crippen LogP contribution in [0.5, 0.6) is 0 Å². The number of nitrogens with zero attached hydrogens (tertiary/aromatic N) is 2. The van der Waals surface area contributed by atoms with Gasteiger partial charge >= 0.3 is 0 Å². The first-order valence-corrected chi connectivity index (χ1v) is 13.2. The summed E-state index contributed by atoms with van der Waals surface area (Å²) >= 11 is 0. The Bertz CT molecular complexity index is 1440. The largest absolute Gasteiger partial charge is 0.296 e. The fraction of sp³-hybridized carbons (Fsp3) is 0.360. The lowest BCUT2D eigenvalue weighted by Crippen LogP contribution is -2.45. The van der Waals surface area contributed by atoms with Gasteiger partial charge in [0.25, 0.3) is 5.56 Å². The molecule has 1 aliphatic carbocycles. The third-order valence-corrected chi connectivity index (χ3v) is 7.08. The number of hydrogen-bond acceptors (Lipinski definition) is 4. The van der Waals surface area contributed by atoms with Gasteiger partial charge < -0.3 is 0 Å². The van der Waals surface area contributed by atoms with Crippen molar-refractivity contribution in [1.29, 1.82) is 0 Å². The van der Waals surface area contributed by atoms with Gasteiger partial charge in [0.15, 0.2) is 11.6 Å². The molecule has 2 aromatic carbocycles. The molecule has 186 valence electrons. The molecule has 35 heavy (non-hydrogen) atoms. The molecule has 0 spiro atoms. The van der Waals surface area contributed by atoms with Crippen LogP contribution < -0.4 is 10.3 Å². The number of rotatable bonds is 6. The summed E-state index contributed by atoms with van der Waals surface area (Å²) < 4.78 is 72.1. The minimum atomic E-state index is -3.63. The Morgan fingerprint density at radius 2 is 1.74 bits per heavy atom. The Morgan fingerprint density at radius 1 is 1.09 bits per heavy atom. The molecule has 0 amide bonds. The predicted molar refractivity (Wildman–Crippen MR) is 127 cm³/mol. The SMILES string of the molecule is CC(C)n1cnc2c(c1=O)C(Cc1cccc(-c3cccc(F)c3F)c1F)C(NS(C)(=O)=O)CC2. The molecule has 4 rings (SSSR count). The molecule has 10 heteroatoms. The highest BCUT2D eigenvalue weighted by Crippen LogP contribution is 2.35. The molecule has 0 fully saturated rings. The van der Waals surface area contributed by atoms with Crippen LogP contribution in [0.1, 0.15) is 49.0 Å². The monoisotopic (exact) mass is 505 g/mol. The van der Waals surface area contributed by atoms with Gasteiger partial charge in [-0.15, -0.1) is 0 Å². The molecule has 3 aromatic rings. The van der Waals surface area contributed by atoms with Gasteiger partial charge in [0, 0.05) is 34.7 Å². The van der Waals surface area contributed by atoms with E-state index in [4.69, 9.17) is 0 Å². The Labute approximate surface area is 201 Å². The summed E-state index contributed by atoms with van der Waals surface area (Å²) in [5.74, 6) is -3.71. The van der Waals surface area contributed by atoms with Gasteiger partial charge in [-0.25, -0.2) is 31.3 Å². The van der Waals surface area contributed by atoms with Crippen molar-refractivity contribution in [3.05, 3.63) is 87.4 Å². The van der Waals surface area contributed by atoms with Crippen LogP contribution in [-0.4, -0.2) is 30.3 Å². The lowest BCUT2D eigenvalue weighted by atomic mass is 9.78. The standard InChI is InChI=1S/C25H26F3N3O3S/c1-14(2)31-13-29-21-11-10-20(30-35(3,33)34)18(22(21)25(31)32)12-15-6-4-7-16(23(15)27)17-8-5-9-19(26)24(17)28/h4-9,13-14,18,20,30H,10-12H2,1-3H3. The van der Waals surface area contributed by atoms with E-state index >= 15 is 4.39 Å². The van der Waals surface area contributed by atoms with E-state index in [1.54, 1.807) is 0 Å². The topological polar surface area (TPSA) is 81.1 Å². The van der Waals surface area contributed by atoms with Crippen LogP contribution >= 0.6 is 0 Å². The molecular weight excluding hydrogens is 479 g/mol. The second-order valence-corrected chi connectivity index (χ2v) is 10.9. The number of aromatic nitrogens is 2. The molecule has 2 atom stereocenters. The molecule has 1 heterocycles. The summed E-state index contributed by atoms with van der Waals surface area (Å²) in [5, 5.41) is 0. The number of nitrogens with one attached hydrogen (secondary N) is 1. The molecule has 0 saturated heterocycles. The minimum Gasteiger partial charge on any atom is -0.296 e. The van der Waals surface area contributed by atoms with Crippen molar-refractivity contribution >= 4 is 10.0 Å². The molecule has 1 aromatic heterocycles. The second kappa shape index (κ2) is 9.58. The Balaban J connectivity index is 1.84. The number of benzene rings is 2. The van der Waals surface area contributed by atoms with Crippen LogP contribution in [0.25, 0.3) is 11.1 Å². The number of hydrogen-bond donors (Lipinski definition) is 1. The third-order valence-electron chi connectivity index (χ3n) is 6.34. The molecule has 0 aliphatic heterocycles. The molecule has 0 radical (unpaired) electrons. The van der Waals surface area contributed by atoms with Gasteiger partial charge in [0.2, 0.25) is 10.0 Å². The van der Waals surface area contributed by atoms with E-state index < -0.39 is 39.4 Å². The van der Waals surface area contributed by atoms with Crippen molar-refractivity contribution in [2.75, 3.05) is 6.26 Å². The van der Waals surface area contributed by atoms with Crippen LogP contribution in [0.2, 0.25) is 0 Å². The van der Waals surface area contributed by atoms with Crippen LogP contribution in [0.3, 0.4) is 0 Å². The summed E-state index contributed by atoms with van der Waals surface area (Å²) in [4.78, 5) is 17.8. The van der Waals surface area contributed by atoms with Crippen LogP contribution in [0, 0.1) is 17.5 Å². The first-order chi connectivity index (χ1) is 16.5. The molecule has 0 bridgehead atoms. The second-order valence-electron chi connectivity index (χ2n) is 9.14. The van der Waals surface area contributed by atoms with Gasteiger partial charge in [0.05, 0.1) is 18.3 Å². The van der Waals surface area contributed by atoms with Gasteiger partial charge in [0.1, 0.15) is 5.82 Å². The Morgan fingerprint density at radius 3 is 2.40 bits per heavy atom. The first-order valence-electron chi connectivity index (χ1n) is 11.3. The van der Waals surface area contributed by atoms with Crippen LogP contribution in [0.4, 0.5) is 13.2 Å². The molecule has 1 aliphatic rings. The number of fused-ring (bicyclic) bond motifs is 1. The van der Waals surface area contributed by atoms with E-state index in [0.717, 1.165) is 12.3 Å². The molecule has 1 N–H and O–H groups in total. The van der Waals surface area contributed by atoms with E-state index in [9.17, 15) is 22.0 Å². The van der Waals surface area contributed by atoms with Gasteiger partial charge in [-0.05, 0) is 44.7 Å². The Kier molecular flexibility index (Phi) is 6.88. The first kappa shape index (κ1) is 25.1. The van der Waals surface area contributed by atoms with Crippen molar-refractivity contribution in [2.45, 2.75) is 51.1 Å². The average Bonchev–Trinajstić information content (AvgIpc) is 2.77. The maximum Gasteiger partial charge on any atom is 0.257 e. The van der Waals surface area contributed by atoms with Gasteiger partial charge in [-0.2, -0.15) is 0 Å². The zero-order valence-corrected chi connectivity index (χ0v) is 20.4. The Hall–Kier alpha value is -2.98. The zero-order chi connectivity index (χ0) is 25.5. The average molecular weight is 506 g/mol. The van der Waals surface area contributed by atoms with E-state index in [1.807, 2.05) is 13.8 Å². The number of aryl methyl sites for hydroxylation is 1. The van der Waals surface area contributed by atoms with Crippen molar-refractivity contribution in [3.8, 4) is 11.1 Å². The third kappa shape index (κ3) is 5.04. The van der Waals surface area contributed by atoms with Crippen LogP contribution in [-0.2, 0) is 22.9 Å². The van der Waals surface area contributed by atoms with Crippen molar-refractivity contribution in [2.24, 2.45) is 0 Å². The fourth-order valence-electron chi connectivity index (χ4n) is 4.71. The molecule has 2 unspecified atom stereocenters. The van der Waals surface area contributed by atoms with Crippen molar-refractivity contribution in [1.82, 2.24) is 14.3 Å². The zero-order valence-electron chi connectivity index (χ0n) is 19.6. The van der Waals surface area contributed by atoms with E-state index in [-0.39, 0.29) is 34.7 Å². The fourth-order valence-corrected chi connectivity index (χ4v) is 5.54. The van der Waals surface area contributed by atoms with E-state index in [1.165, 1.54) is 41.2 Å². The highest BCUT2D eigenvalue weighted by atomic mass is 32.2. The lowest BCUT2D eigenvalue weighted by Gasteiger charge is -2.33. The van der Waals surface area contributed by atoms with Gasteiger partial charge in [-0.1, -0.05) is 30.3 Å². The maximum atomic E-state index is 15.6. The quantitative estimate of drug-likeness (QED) is 0.547. The normalized spacial score (nSPS) is 18.0. The van der Waals surface area contributed by atoms with Crippen molar-refractivity contribution < 1.29 is 21.6 Å². The van der Waals surface area contributed by atoms with Crippen LogP contribution in [0.15, 0.2) is 47.5 Å². The summed E-state index contributed by atoms with van der Waals surface area (Å²) in [6.45, 7) is 3.66. The maximum absolute atomic E-state index is 15.6. The molecular formula is C25H26F3N3O3S. The van der Waals surface area contributed by atoms with E-state index in [2.05, 4.69) is 9.71 Å². The molecule has 0 saturated carbocycles. The van der Waals surface area contributed by atoms with Crippen molar-refractivity contribution in [3.63, 3.8) is 0 Å². The van der Waals surface area contributed by atoms with E-state index in [0.29, 0.717) is 24.1 Å².